The van der Waals surface area contributed by atoms with Gasteiger partial charge < -0.3 is 29.7 Å². The molecule has 3 N–H and O–H groups in total. The number of benzene rings is 4. The van der Waals surface area contributed by atoms with Gasteiger partial charge in [-0.2, -0.15) is 0 Å². The molecular weight excluding hydrogens is 592 g/mol. The maximum Gasteiger partial charge on any atom is 0.407 e. The highest BCUT2D eigenvalue weighted by atomic mass is 16.7. The predicted molar refractivity (Wildman–Crippen MR) is 182 cm³/mol. The van der Waals surface area contributed by atoms with Crippen molar-refractivity contribution in [2.24, 2.45) is 0 Å². The molecule has 1 aliphatic rings. The van der Waals surface area contributed by atoms with Crippen LogP contribution in [-0.2, 0) is 27.4 Å². The largest absolute Gasteiger partial charge is 0.445 e. The van der Waals surface area contributed by atoms with Crippen LogP contribution in [0, 0.1) is 0 Å². The van der Waals surface area contributed by atoms with Gasteiger partial charge in [-0.15, -0.1) is 0 Å². The second kappa shape index (κ2) is 16.5. The molecule has 1 amide bonds. The smallest absolute Gasteiger partial charge is 0.407 e. The highest BCUT2D eigenvalue weighted by Crippen LogP contribution is 2.39. The number of carbonyl (C=O) groups excluding carboxylic acids is 1. The van der Waals surface area contributed by atoms with Crippen LogP contribution < -0.4 is 5.32 Å². The predicted octanol–water partition coefficient (Wildman–Crippen LogP) is 6.86. The zero-order valence-electron chi connectivity index (χ0n) is 27.0. The molecule has 1 heterocycles. The van der Waals surface area contributed by atoms with Gasteiger partial charge >= 0.3 is 6.09 Å². The van der Waals surface area contributed by atoms with Crippen LogP contribution >= 0.6 is 0 Å². The number of amides is 1. The van der Waals surface area contributed by atoms with Gasteiger partial charge in [0.15, 0.2) is 6.29 Å². The van der Waals surface area contributed by atoms with Crippen LogP contribution in [0.3, 0.4) is 0 Å². The molecule has 0 saturated carbocycles. The van der Waals surface area contributed by atoms with Crippen molar-refractivity contribution >= 4 is 6.09 Å². The molecule has 0 unspecified atom stereocenters. The highest BCUT2D eigenvalue weighted by Gasteiger charge is 2.34. The average Bonchev–Trinajstić information content (AvgIpc) is 3.13. The van der Waals surface area contributed by atoms with Crippen LogP contribution in [0.4, 0.5) is 4.79 Å². The fraction of sp³-hybridized carbons (Fsp3) is 0.308. The van der Waals surface area contributed by atoms with Gasteiger partial charge in [-0.1, -0.05) is 110 Å². The van der Waals surface area contributed by atoms with Crippen molar-refractivity contribution in [1.82, 2.24) is 10.2 Å². The SMILES string of the molecule is C=CCOC(=O)NCc1cccc(-c2ccc([C@H]3O[C@@H](CN(C)[C@@H](C)[C@H](O)c4ccccc4)C[C@@H](c4ccc(CO)cc4)O3)cc2)c1. The lowest BCUT2D eigenvalue weighted by atomic mass is 9.98. The van der Waals surface area contributed by atoms with Crippen LogP contribution in [0.15, 0.2) is 116 Å². The molecule has 8 heteroatoms. The highest BCUT2D eigenvalue weighted by molar-refractivity contribution is 5.68. The number of carbonyl (C=O) groups is 1. The van der Waals surface area contributed by atoms with Gasteiger partial charge in [0, 0.05) is 31.1 Å². The third-order valence-electron chi connectivity index (χ3n) is 8.61. The van der Waals surface area contributed by atoms with E-state index < -0.39 is 18.5 Å². The Morgan fingerprint density at radius 2 is 1.68 bits per heavy atom. The van der Waals surface area contributed by atoms with Gasteiger partial charge in [0.1, 0.15) is 6.61 Å². The summed E-state index contributed by atoms with van der Waals surface area (Å²) in [4.78, 5) is 14.0. The van der Waals surface area contributed by atoms with Gasteiger partial charge in [0.05, 0.1) is 24.9 Å². The van der Waals surface area contributed by atoms with Gasteiger partial charge in [-0.3, -0.25) is 4.90 Å². The summed E-state index contributed by atoms with van der Waals surface area (Å²) in [6, 6.07) is 33.6. The lowest BCUT2D eigenvalue weighted by Crippen LogP contribution is -2.43. The minimum atomic E-state index is -0.633. The second-order valence-electron chi connectivity index (χ2n) is 11.9. The molecule has 4 aromatic rings. The molecule has 47 heavy (non-hydrogen) atoms. The molecule has 1 fully saturated rings. The number of nitrogens with one attached hydrogen (secondary N) is 1. The third kappa shape index (κ3) is 9.16. The second-order valence-corrected chi connectivity index (χ2v) is 11.9. The summed E-state index contributed by atoms with van der Waals surface area (Å²) >= 11 is 0. The van der Waals surface area contributed by atoms with Gasteiger partial charge in [-0.05, 0) is 53.4 Å². The molecular formula is C39H44N2O6. The van der Waals surface area contributed by atoms with Crippen LogP contribution in [0.1, 0.15) is 59.7 Å². The van der Waals surface area contributed by atoms with E-state index in [2.05, 4.69) is 16.8 Å². The van der Waals surface area contributed by atoms with Crippen molar-refractivity contribution in [3.63, 3.8) is 0 Å². The van der Waals surface area contributed by atoms with Crippen molar-refractivity contribution in [2.45, 2.75) is 57.1 Å². The van der Waals surface area contributed by atoms with Crippen LogP contribution in [0.2, 0.25) is 0 Å². The van der Waals surface area contributed by atoms with Crippen LogP contribution in [0.25, 0.3) is 11.1 Å². The van der Waals surface area contributed by atoms with E-state index in [4.69, 9.17) is 14.2 Å². The quantitative estimate of drug-likeness (QED) is 0.138. The zero-order valence-corrected chi connectivity index (χ0v) is 27.0. The molecule has 5 rings (SSSR count). The van der Waals surface area contributed by atoms with E-state index in [0.717, 1.165) is 38.9 Å². The number of ether oxygens (including phenoxy) is 3. The maximum atomic E-state index is 11.8. The summed E-state index contributed by atoms with van der Waals surface area (Å²) in [6.07, 6.45) is 0.0937. The summed E-state index contributed by atoms with van der Waals surface area (Å²) in [5.74, 6) is 0. The third-order valence-corrected chi connectivity index (χ3v) is 8.61. The monoisotopic (exact) mass is 636 g/mol. The standard InChI is InChI=1S/C39H44N2O6/c1-4-21-45-39(44)40-24-29-9-8-12-34(22-29)30-17-19-33(20-18-30)38-46-35(23-36(47-38)31-15-13-28(26-42)14-16-31)25-41(3)27(2)37(43)32-10-6-5-7-11-32/h4-20,22,27,35-38,42-43H,1,21,23-26H2,2-3H3,(H,40,44)/t27-,35+,36-,37-,38-/m0/s1. The fourth-order valence-corrected chi connectivity index (χ4v) is 5.74. The Bertz CT molecular complexity index is 1580. The van der Waals surface area contributed by atoms with E-state index in [1.807, 2.05) is 117 Å². The Labute approximate surface area is 277 Å². The lowest BCUT2D eigenvalue weighted by Gasteiger charge is -2.39. The lowest BCUT2D eigenvalue weighted by molar-refractivity contribution is -0.253. The molecule has 1 aliphatic heterocycles. The Morgan fingerprint density at radius 1 is 0.957 bits per heavy atom. The number of hydrogen-bond acceptors (Lipinski definition) is 7. The number of nitrogens with zero attached hydrogens (tertiary/aromatic N) is 1. The molecule has 1 saturated heterocycles. The number of likely N-dealkylation sites (N-methyl/N-ethyl adjacent to an activating group) is 1. The summed E-state index contributed by atoms with van der Waals surface area (Å²) in [5.41, 5.74) is 6.65. The fourth-order valence-electron chi connectivity index (χ4n) is 5.74. The normalized spacial score (nSPS) is 19.1. The summed E-state index contributed by atoms with van der Waals surface area (Å²) in [5, 5.41) is 23.4. The Hall–Kier alpha value is -4.31. The maximum absolute atomic E-state index is 11.8. The molecule has 0 spiro atoms. The first kappa shape index (κ1) is 34.0. The molecule has 8 nitrogen and oxygen atoms in total. The molecule has 4 aromatic carbocycles. The Balaban J connectivity index is 1.30. The first-order valence-corrected chi connectivity index (χ1v) is 16.0. The Kier molecular flexibility index (Phi) is 11.9. The first-order chi connectivity index (χ1) is 22.8. The average molecular weight is 637 g/mol. The number of aliphatic hydroxyl groups is 2. The van der Waals surface area contributed by atoms with Crippen molar-refractivity contribution in [1.29, 1.82) is 0 Å². The minimum Gasteiger partial charge on any atom is -0.445 e. The summed E-state index contributed by atoms with van der Waals surface area (Å²) in [6.45, 7) is 6.69. The van der Waals surface area contributed by atoms with Crippen molar-refractivity contribution in [3.8, 4) is 11.1 Å². The van der Waals surface area contributed by atoms with Crippen LogP contribution in [0.5, 0.6) is 0 Å². The van der Waals surface area contributed by atoms with Crippen molar-refractivity contribution in [3.05, 3.63) is 144 Å². The number of alkyl carbamates (subject to hydrolysis) is 1. The van der Waals surface area contributed by atoms with Gasteiger partial charge in [-0.25, -0.2) is 4.79 Å². The molecule has 0 aromatic heterocycles. The molecule has 246 valence electrons. The van der Waals surface area contributed by atoms with Crippen molar-refractivity contribution in [2.75, 3.05) is 20.2 Å². The van der Waals surface area contributed by atoms with E-state index in [1.165, 1.54) is 6.08 Å². The van der Waals surface area contributed by atoms with Crippen molar-refractivity contribution < 1.29 is 29.2 Å². The summed E-state index contributed by atoms with van der Waals surface area (Å²) in [7, 11) is 2.01. The van der Waals surface area contributed by atoms with E-state index in [-0.39, 0.29) is 31.5 Å². The summed E-state index contributed by atoms with van der Waals surface area (Å²) < 4.78 is 18.1. The Morgan fingerprint density at radius 3 is 2.38 bits per heavy atom. The van der Waals surface area contributed by atoms with E-state index in [0.29, 0.717) is 19.5 Å². The number of aliphatic hydroxyl groups excluding tert-OH is 2. The topological polar surface area (TPSA) is 100 Å². The number of rotatable bonds is 13. The van der Waals surface area contributed by atoms with Crippen LogP contribution in [-0.4, -0.2) is 53.6 Å². The minimum absolute atomic E-state index is 0.0133. The van der Waals surface area contributed by atoms with E-state index in [9.17, 15) is 15.0 Å². The van der Waals surface area contributed by atoms with E-state index >= 15 is 0 Å². The molecule has 0 radical (unpaired) electrons. The van der Waals surface area contributed by atoms with E-state index in [1.54, 1.807) is 0 Å². The zero-order chi connectivity index (χ0) is 33.2. The van der Waals surface area contributed by atoms with Gasteiger partial charge in [0.2, 0.25) is 0 Å². The van der Waals surface area contributed by atoms with Gasteiger partial charge in [0.25, 0.3) is 0 Å². The number of hydrogen-bond donors (Lipinski definition) is 3. The molecule has 0 aliphatic carbocycles. The first-order valence-electron chi connectivity index (χ1n) is 16.0. The molecule has 5 atom stereocenters. The molecule has 0 bridgehead atoms.